The number of hydrogen-bond donors (Lipinski definition) is 1. The molecule has 1 atom stereocenters. The molecule has 3 nitrogen and oxygen atoms in total. The lowest BCUT2D eigenvalue weighted by molar-refractivity contribution is 0.172. The molecule has 1 heterocycles. The molecule has 24 heavy (non-hydrogen) atoms. The number of hydrogen-bond acceptors (Lipinski definition) is 3. The number of rotatable bonds is 6. The fraction of sp³-hybridized carbons (Fsp3) is 0.333. The second kappa shape index (κ2) is 8.13. The van der Waals surface area contributed by atoms with E-state index >= 15 is 0 Å². The summed E-state index contributed by atoms with van der Waals surface area (Å²) < 4.78 is 6.01. The molecule has 3 heteroatoms. The van der Waals surface area contributed by atoms with Crippen molar-refractivity contribution in [1.29, 1.82) is 0 Å². The van der Waals surface area contributed by atoms with Crippen molar-refractivity contribution in [2.45, 2.75) is 19.4 Å². The second-order valence-corrected chi connectivity index (χ2v) is 6.45. The van der Waals surface area contributed by atoms with Crippen LogP contribution in [0.25, 0.3) is 0 Å². The van der Waals surface area contributed by atoms with Gasteiger partial charge in [-0.05, 0) is 43.2 Å². The van der Waals surface area contributed by atoms with E-state index in [0.29, 0.717) is 6.04 Å². The summed E-state index contributed by atoms with van der Waals surface area (Å²) in [5, 5.41) is 3.43. The van der Waals surface area contributed by atoms with Crippen molar-refractivity contribution in [3.63, 3.8) is 0 Å². The summed E-state index contributed by atoms with van der Waals surface area (Å²) in [5.74, 6) is 1.76. The predicted octanol–water partition coefficient (Wildman–Crippen LogP) is 4.39. The summed E-state index contributed by atoms with van der Waals surface area (Å²) in [6.45, 7) is 10.5. The first-order chi connectivity index (χ1) is 11.7. The van der Waals surface area contributed by atoms with Gasteiger partial charge in [-0.15, -0.1) is 6.58 Å². The van der Waals surface area contributed by atoms with Crippen LogP contribution in [0.4, 0.5) is 0 Å². The van der Waals surface area contributed by atoms with Crippen LogP contribution < -0.4 is 10.1 Å². The SMILES string of the molecule is C=C(C)C[C@@H](c1cccc(Oc2ccccc2)c1)N1CCNCC1. The third kappa shape index (κ3) is 4.47. The lowest BCUT2D eigenvalue weighted by atomic mass is 9.97. The maximum atomic E-state index is 6.01. The van der Waals surface area contributed by atoms with Crippen molar-refractivity contribution < 1.29 is 4.74 Å². The van der Waals surface area contributed by atoms with E-state index in [-0.39, 0.29) is 0 Å². The molecule has 0 aliphatic carbocycles. The minimum absolute atomic E-state index is 0.365. The van der Waals surface area contributed by atoms with Crippen molar-refractivity contribution in [2.75, 3.05) is 26.2 Å². The standard InChI is InChI=1S/C21H26N2O/c1-17(2)15-21(23-13-11-22-12-14-23)18-7-6-10-20(16-18)24-19-8-4-3-5-9-19/h3-10,16,21-22H,1,11-15H2,2H3/t21-/m0/s1. The van der Waals surface area contributed by atoms with Crippen LogP contribution in [-0.2, 0) is 0 Å². The summed E-state index contributed by atoms with van der Waals surface area (Å²) in [6, 6.07) is 18.8. The van der Waals surface area contributed by atoms with E-state index in [1.165, 1.54) is 11.1 Å². The summed E-state index contributed by atoms with van der Waals surface area (Å²) in [7, 11) is 0. The minimum Gasteiger partial charge on any atom is -0.457 e. The van der Waals surface area contributed by atoms with Crippen molar-refractivity contribution in [1.82, 2.24) is 10.2 Å². The molecule has 0 aromatic heterocycles. The highest BCUT2D eigenvalue weighted by atomic mass is 16.5. The maximum Gasteiger partial charge on any atom is 0.127 e. The van der Waals surface area contributed by atoms with Gasteiger partial charge in [0.1, 0.15) is 11.5 Å². The Hall–Kier alpha value is -2.10. The first-order valence-electron chi connectivity index (χ1n) is 8.64. The van der Waals surface area contributed by atoms with Crippen molar-refractivity contribution >= 4 is 0 Å². The zero-order valence-electron chi connectivity index (χ0n) is 14.4. The van der Waals surface area contributed by atoms with Gasteiger partial charge in [0.15, 0.2) is 0 Å². The van der Waals surface area contributed by atoms with Crippen molar-refractivity contribution in [2.24, 2.45) is 0 Å². The molecule has 0 amide bonds. The number of para-hydroxylation sites is 1. The van der Waals surface area contributed by atoms with E-state index < -0.39 is 0 Å². The Balaban J connectivity index is 1.81. The van der Waals surface area contributed by atoms with Crippen LogP contribution in [0.3, 0.4) is 0 Å². The molecule has 126 valence electrons. The van der Waals surface area contributed by atoms with Crippen molar-refractivity contribution in [3.05, 3.63) is 72.3 Å². The van der Waals surface area contributed by atoms with Gasteiger partial charge in [-0.3, -0.25) is 4.90 Å². The molecule has 1 saturated heterocycles. The van der Waals surface area contributed by atoms with Crippen LogP contribution in [0.1, 0.15) is 24.9 Å². The molecule has 0 saturated carbocycles. The molecule has 2 aromatic rings. The number of ether oxygens (including phenoxy) is 1. The Morgan fingerprint density at radius 2 is 1.79 bits per heavy atom. The first-order valence-corrected chi connectivity index (χ1v) is 8.64. The van der Waals surface area contributed by atoms with E-state index in [0.717, 1.165) is 44.1 Å². The van der Waals surface area contributed by atoms with E-state index in [2.05, 4.69) is 41.9 Å². The van der Waals surface area contributed by atoms with Gasteiger partial charge in [-0.25, -0.2) is 0 Å². The molecule has 0 bridgehead atoms. The largest absolute Gasteiger partial charge is 0.457 e. The molecule has 1 N–H and O–H groups in total. The van der Waals surface area contributed by atoms with Crippen LogP contribution in [0, 0.1) is 0 Å². The summed E-state index contributed by atoms with van der Waals surface area (Å²) in [6.07, 6.45) is 0.981. The Kier molecular flexibility index (Phi) is 5.68. The Bertz CT molecular complexity index is 663. The Morgan fingerprint density at radius 3 is 2.50 bits per heavy atom. The summed E-state index contributed by atoms with van der Waals surface area (Å²) in [5.41, 5.74) is 2.52. The van der Waals surface area contributed by atoms with Gasteiger partial charge in [-0.2, -0.15) is 0 Å². The molecular formula is C21H26N2O. The molecule has 0 spiro atoms. The van der Waals surface area contributed by atoms with E-state index in [4.69, 9.17) is 4.74 Å². The first kappa shape index (κ1) is 16.7. The van der Waals surface area contributed by atoms with E-state index in [9.17, 15) is 0 Å². The number of piperazine rings is 1. The van der Waals surface area contributed by atoms with Gasteiger partial charge in [0.25, 0.3) is 0 Å². The normalized spacial score (nSPS) is 16.5. The van der Waals surface area contributed by atoms with E-state index in [1.807, 2.05) is 36.4 Å². The molecule has 2 aromatic carbocycles. The minimum atomic E-state index is 0.365. The number of nitrogens with zero attached hydrogens (tertiary/aromatic N) is 1. The van der Waals surface area contributed by atoms with Crippen LogP contribution in [0.2, 0.25) is 0 Å². The third-order valence-electron chi connectivity index (χ3n) is 4.36. The quantitative estimate of drug-likeness (QED) is 0.798. The van der Waals surface area contributed by atoms with Gasteiger partial charge in [0.2, 0.25) is 0 Å². The highest BCUT2D eigenvalue weighted by Crippen LogP contribution is 2.31. The number of benzene rings is 2. The van der Waals surface area contributed by atoms with Gasteiger partial charge in [0.05, 0.1) is 0 Å². The maximum absolute atomic E-state index is 6.01. The molecule has 0 radical (unpaired) electrons. The lowest BCUT2D eigenvalue weighted by Gasteiger charge is -2.35. The van der Waals surface area contributed by atoms with Gasteiger partial charge < -0.3 is 10.1 Å². The Morgan fingerprint density at radius 1 is 1.08 bits per heavy atom. The van der Waals surface area contributed by atoms with Crippen LogP contribution in [0.15, 0.2) is 66.7 Å². The van der Waals surface area contributed by atoms with Crippen LogP contribution in [-0.4, -0.2) is 31.1 Å². The fourth-order valence-electron chi connectivity index (χ4n) is 3.19. The highest BCUT2D eigenvalue weighted by molar-refractivity contribution is 5.35. The average Bonchev–Trinajstić information content (AvgIpc) is 2.61. The van der Waals surface area contributed by atoms with Crippen LogP contribution in [0.5, 0.6) is 11.5 Å². The predicted molar refractivity (Wildman–Crippen MR) is 99.6 cm³/mol. The monoisotopic (exact) mass is 322 g/mol. The van der Waals surface area contributed by atoms with Crippen LogP contribution >= 0.6 is 0 Å². The summed E-state index contributed by atoms with van der Waals surface area (Å²) >= 11 is 0. The molecule has 0 unspecified atom stereocenters. The lowest BCUT2D eigenvalue weighted by Crippen LogP contribution is -2.45. The van der Waals surface area contributed by atoms with Gasteiger partial charge in [0, 0.05) is 32.2 Å². The fourth-order valence-corrected chi connectivity index (χ4v) is 3.19. The van der Waals surface area contributed by atoms with E-state index in [1.54, 1.807) is 0 Å². The average molecular weight is 322 g/mol. The molecule has 1 fully saturated rings. The highest BCUT2D eigenvalue weighted by Gasteiger charge is 2.22. The molecular weight excluding hydrogens is 296 g/mol. The van der Waals surface area contributed by atoms with Gasteiger partial charge in [-0.1, -0.05) is 35.9 Å². The smallest absolute Gasteiger partial charge is 0.127 e. The number of nitrogens with one attached hydrogen (secondary N) is 1. The van der Waals surface area contributed by atoms with Gasteiger partial charge >= 0.3 is 0 Å². The molecule has 3 rings (SSSR count). The Labute approximate surface area is 145 Å². The third-order valence-corrected chi connectivity index (χ3v) is 4.36. The molecule has 1 aliphatic rings. The molecule has 1 aliphatic heterocycles. The zero-order valence-corrected chi connectivity index (χ0v) is 14.4. The second-order valence-electron chi connectivity index (χ2n) is 6.45. The van der Waals surface area contributed by atoms with Crippen molar-refractivity contribution in [3.8, 4) is 11.5 Å². The topological polar surface area (TPSA) is 24.5 Å². The zero-order chi connectivity index (χ0) is 16.8. The summed E-state index contributed by atoms with van der Waals surface area (Å²) in [4.78, 5) is 2.55.